The molecule has 0 saturated carbocycles. The molecule has 0 aromatic heterocycles. The number of hydrogen-bond donors (Lipinski definition) is 0. The molecule has 0 spiro atoms. The zero-order chi connectivity index (χ0) is 11.7. The summed E-state index contributed by atoms with van der Waals surface area (Å²) in [5.74, 6) is 0.801. The third-order valence-electron chi connectivity index (χ3n) is 2.85. The van der Waals surface area contributed by atoms with Crippen LogP contribution in [0.15, 0.2) is 48.6 Å². The van der Waals surface area contributed by atoms with Gasteiger partial charge in [-0.2, -0.15) is 0 Å². The van der Waals surface area contributed by atoms with Gasteiger partial charge in [0, 0.05) is 0 Å². The van der Waals surface area contributed by atoms with Gasteiger partial charge in [-0.05, 0) is 36.8 Å². The number of rotatable bonds is 7. The van der Waals surface area contributed by atoms with Crippen LogP contribution in [-0.4, -0.2) is 0 Å². The number of allylic oxidation sites excluding steroid dienone is 6. The summed E-state index contributed by atoms with van der Waals surface area (Å²) in [6.45, 7) is 14.2. The van der Waals surface area contributed by atoms with Gasteiger partial charge in [0.2, 0.25) is 0 Å². The molecule has 0 nitrogen and oxygen atoms in total. The van der Waals surface area contributed by atoms with E-state index in [1.165, 1.54) is 24.0 Å². The first-order valence-corrected chi connectivity index (χ1v) is 5.77. The van der Waals surface area contributed by atoms with Crippen LogP contribution >= 0.6 is 0 Å². The van der Waals surface area contributed by atoms with E-state index in [4.69, 9.17) is 0 Å². The van der Waals surface area contributed by atoms with Crippen molar-refractivity contribution in [1.82, 2.24) is 0 Å². The van der Waals surface area contributed by atoms with Gasteiger partial charge in [-0.1, -0.05) is 57.7 Å². The lowest BCUT2D eigenvalue weighted by atomic mass is 9.96. The minimum absolute atomic E-state index is 0.801. The summed E-state index contributed by atoms with van der Waals surface area (Å²) in [4.78, 5) is 0. The van der Waals surface area contributed by atoms with Crippen molar-refractivity contribution in [3.05, 3.63) is 48.6 Å². The van der Waals surface area contributed by atoms with Gasteiger partial charge in [-0.3, -0.25) is 0 Å². The van der Waals surface area contributed by atoms with E-state index in [2.05, 4.69) is 40.0 Å². The summed E-state index contributed by atoms with van der Waals surface area (Å²) in [5.41, 5.74) is 2.65. The second-order valence-corrected chi connectivity index (χ2v) is 4.06. The lowest BCUT2D eigenvalue weighted by Crippen LogP contribution is -1.94. The van der Waals surface area contributed by atoms with Gasteiger partial charge in [0.15, 0.2) is 0 Å². The molecule has 0 heterocycles. The van der Waals surface area contributed by atoms with Crippen molar-refractivity contribution < 1.29 is 0 Å². The van der Waals surface area contributed by atoms with Gasteiger partial charge in [-0.25, -0.2) is 0 Å². The van der Waals surface area contributed by atoms with Crippen LogP contribution in [0, 0.1) is 5.92 Å². The SMILES string of the molecule is C=C/C=C\C(CC[C@@H](C)CC)=C(\C)C=C. The van der Waals surface area contributed by atoms with E-state index in [1.807, 2.05) is 18.2 Å². The van der Waals surface area contributed by atoms with Crippen molar-refractivity contribution >= 4 is 0 Å². The third kappa shape index (κ3) is 6.11. The Bertz CT molecular complexity index is 253. The normalized spacial score (nSPS) is 14.9. The summed E-state index contributed by atoms with van der Waals surface area (Å²) in [6, 6.07) is 0. The number of hydrogen-bond acceptors (Lipinski definition) is 0. The lowest BCUT2D eigenvalue weighted by Gasteiger charge is -2.10. The topological polar surface area (TPSA) is 0 Å². The molecule has 0 amide bonds. The lowest BCUT2D eigenvalue weighted by molar-refractivity contribution is 0.517. The Morgan fingerprint density at radius 2 is 2.00 bits per heavy atom. The van der Waals surface area contributed by atoms with Crippen molar-refractivity contribution in [2.45, 2.75) is 40.0 Å². The molecule has 15 heavy (non-hydrogen) atoms. The second kappa shape index (κ2) is 8.28. The fourth-order valence-electron chi connectivity index (χ4n) is 1.33. The Morgan fingerprint density at radius 3 is 2.47 bits per heavy atom. The first-order chi connectivity index (χ1) is 7.15. The maximum absolute atomic E-state index is 3.82. The van der Waals surface area contributed by atoms with Gasteiger partial charge in [0.1, 0.15) is 0 Å². The summed E-state index contributed by atoms with van der Waals surface area (Å²) in [6.07, 6.45) is 11.5. The summed E-state index contributed by atoms with van der Waals surface area (Å²) in [7, 11) is 0. The van der Waals surface area contributed by atoms with Crippen LogP contribution in [0.4, 0.5) is 0 Å². The monoisotopic (exact) mass is 204 g/mol. The van der Waals surface area contributed by atoms with E-state index in [0.29, 0.717) is 0 Å². The molecular formula is C15H24. The van der Waals surface area contributed by atoms with Crippen LogP contribution in [0.25, 0.3) is 0 Å². The molecule has 84 valence electrons. The molecule has 0 aliphatic heterocycles. The van der Waals surface area contributed by atoms with E-state index in [1.54, 1.807) is 0 Å². The zero-order valence-corrected chi connectivity index (χ0v) is 10.4. The van der Waals surface area contributed by atoms with E-state index < -0.39 is 0 Å². The molecule has 0 aromatic carbocycles. The van der Waals surface area contributed by atoms with Crippen molar-refractivity contribution in [2.75, 3.05) is 0 Å². The van der Waals surface area contributed by atoms with E-state index in [-0.39, 0.29) is 0 Å². The Kier molecular flexibility index (Phi) is 7.71. The fraction of sp³-hybridized carbons (Fsp3) is 0.467. The first kappa shape index (κ1) is 14.0. The largest absolute Gasteiger partial charge is 0.0991 e. The average Bonchev–Trinajstić information content (AvgIpc) is 2.27. The minimum atomic E-state index is 0.801. The highest BCUT2D eigenvalue weighted by atomic mass is 14.1. The molecule has 0 aliphatic carbocycles. The molecule has 0 N–H and O–H groups in total. The molecule has 1 atom stereocenters. The molecular weight excluding hydrogens is 180 g/mol. The first-order valence-electron chi connectivity index (χ1n) is 5.77. The maximum Gasteiger partial charge on any atom is -0.0274 e. The van der Waals surface area contributed by atoms with Crippen molar-refractivity contribution in [3.8, 4) is 0 Å². The van der Waals surface area contributed by atoms with Crippen molar-refractivity contribution in [2.24, 2.45) is 5.92 Å². The summed E-state index contributed by atoms with van der Waals surface area (Å²) < 4.78 is 0. The minimum Gasteiger partial charge on any atom is -0.0991 e. The molecule has 0 bridgehead atoms. The van der Waals surface area contributed by atoms with Crippen LogP contribution in [0.3, 0.4) is 0 Å². The Balaban J connectivity index is 4.46. The molecule has 0 rings (SSSR count). The predicted molar refractivity (Wildman–Crippen MR) is 70.9 cm³/mol. The fourth-order valence-corrected chi connectivity index (χ4v) is 1.33. The quantitative estimate of drug-likeness (QED) is 0.509. The predicted octanol–water partition coefficient (Wildman–Crippen LogP) is 5.06. The smallest absolute Gasteiger partial charge is 0.0274 e. The zero-order valence-electron chi connectivity index (χ0n) is 10.4. The Morgan fingerprint density at radius 1 is 1.33 bits per heavy atom. The van der Waals surface area contributed by atoms with E-state index in [9.17, 15) is 0 Å². The molecule has 0 saturated heterocycles. The third-order valence-corrected chi connectivity index (χ3v) is 2.85. The highest BCUT2D eigenvalue weighted by Gasteiger charge is 2.01. The second-order valence-electron chi connectivity index (χ2n) is 4.06. The highest BCUT2D eigenvalue weighted by molar-refractivity contribution is 5.32. The van der Waals surface area contributed by atoms with Gasteiger partial charge in [0.25, 0.3) is 0 Å². The van der Waals surface area contributed by atoms with Crippen molar-refractivity contribution in [1.29, 1.82) is 0 Å². The van der Waals surface area contributed by atoms with Gasteiger partial charge >= 0.3 is 0 Å². The summed E-state index contributed by atoms with van der Waals surface area (Å²) in [5, 5.41) is 0. The van der Waals surface area contributed by atoms with Crippen LogP contribution in [-0.2, 0) is 0 Å². The van der Waals surface area contributed by atoms with Crippen LogP contribution in [0.5, 0.6) is 0 Å². The molecule has 0 aromatic rings. The van der Waals surface area contributed by atoms with E-state index >= 15 is 0 Å². The average molecular weight is 204 g/mol. The van der Waals surface area contributed by atoms with Gasteiger partial charge < -0.3 is 0 Å². The van der Waals surface area contributed by atoms with E-state index in [0.717, 1.165) is 12.3 Å². The molecule has 0 heteroatoms. The molecule has 0 unspecified atom stereocenters. The van der Waals surface area contributed by atoms with Crippen LogP contribution in [0.1, 0.15) is 40.0 Å². The Hall–Kier alpha value is -1.04. The van der Waals surface area contributed by atoms with Gasteiger partial charge in [0.05, 0.1) is 0 Å². The highest BCUT2D eigenvalue weighted by Crippen LogP contribution is 2.19. The van der Waals surface area contributed by atoms with Crippen molar-refractivity contribution in [3.63, 3.8) is 0 Å². The standard InChI is InChI=1S/C15H24/c1-6-9-10-15(14(5)8-3)12-11-13(4)7-2/h6,8-10,13H,1,3,7,11-12H2,2,4-5H3/b10-9-,15-14+/t13-/m0/s1. The molecule has 0 aliphatic rings. The van der Waals surface area contributed by atoms with Gasteiger partial charge in [-0.15, -0.1) is 0 Å². The Labute approximate surface area is 95.1 Å². The van der Waals surface area contributed by atoms with Crippen LogP contribution < -0.4 is 0 Å². The van der Waals surface area contributed by atoms with Crippen LogP contribution in [0.2, 0.25) is 0 Å². The summed E-state index contributed by atoms with van der Waals surface area (Å²) >= 11 is 0. The molecule has 0 fully saturated rings. The maximum atomic E-state index is 3.82. The molecule has 0 radical (unpaired) electrons.